The molecule has 0 spiro atoms. The van der Waals surface area contributed by atoms with E-state index in [2.05, 4.69) is 4.90 Å². The first-order valence-corrected chi connectivity index (χ1v) is 5.05. The maximum atomic E-state index is 11.2. The van der Waals surface area contributed by atoms with Crippen molar-refractivity contribution in [2.45, 2.75) is 44.8 Å². The molecule has 2 rings (SSSR count). The molecule has 0 radical (unpaired) electrons. The van der Waals surface area contributed by atoms with Gasteiger partial charge in [-0.3, -0.25) is 9.69 Å². The average Bonchev–Trinajstić information content (AvgIpc) is 2.56. The molecule has 0 aromatic rings. The number of cyclic esters (lactones) is 1. The van der Waals surface area contributed by atoms with E-state index in [9.17, 15) is 4.79 Å². The Hall–Kier alpha value is -0.570. The molecule has 1 atom stereocenters. The van der Waals surface area contributed by atoms with Gasteiger partial charge in [0, 0.05) is 0 Å². The van der Waals surface area contributed by atoms with Gasteiger partial charge >= 0.3 is 5.97 Å². The van der Waals surface area contributed by atoms with Crippen molar-refractivity contribution in [2.24, 2.45) is 0 Å². The van der Waals surface area contributed by atoms with Crippen molar-refractivity contribution in [1.82, 2.24) is 4.90 Å². The van der Waals surface area contributed by atoms with Gasteiger partial charge in [-0.1, -0.05) is 0 Å². The Labute approximate surface area is 79.0 Å². The van der Waals surface area contributed by atoms with Crippen LogP contribution < -0.4 is 0 Å². The van der Waals surface area contributed by atoms with Crippen molar-refractivity contribution in [3.8, 4) is 0 Å². The minimum Gasteiger partial charge on any atom is -0.458 e. The van der Waals surface area contributed by atoms with Gasteiger partial charge in [-0.15, -0.1) is 0 Å². The molecule has 2 heterocycles. The van der Waals surface area contributed by atoms with E-state index in [0.717, 1.165) is 13.1 Å². The summed E-state index contributed by atoms with van der Waals surface area (Å²) in [4.78, 5) is 13.6. The van der Waals surface area contributed by atoms with E-state index in [-0.39, 0.29) is 11.6 Å². The number of carbonyl (C=O) groups excluding carboxylic acids is 1. The number of carbonyl (C=O) groups is 1. The number of ether oxygens (including phenoxy) is 1. The topological polar surface area (TPSA) is 29.5 Å². The molecule has 0 amide bonds. The summed E-state index contributed by atoms with van der Waals surface area (Å²) < 4.78 is 5.29. The molecular formula is C10H17NO2. The third-order valence-electron chi connectivity index (χ3n) is 3.12. The zero-order chi connectivity index (χ0) is 9.47. The molecule has 74 valence electrons. The largest absolute Gasteiger partial charge is 0.458 e. The molecule has 0 saturated carbocycles. The van der Waals surface area contributed by atoms with Crippen LogP contribution in [0.5, 0.6) is 0 Å². The summed E-state index contributed by atoms with van der Waals surface area (Å²) in [5.74, 6) is -0.0399. The van der Waals surface area contributed by atoms with Gasteiger partial charge in [0.1, 0.15) is 5.60 Å². The highest BCUT2D eigenvalue weighted by Gasteiger charge is 2.45. The molecule has 2 aliphatic heterocycles. The number of hydrogen-bond donors (Lipinski definition) is 0. The van der Waals surface area contributed by atoms with Crippen LogP contribution in [-0.4, -0.2) is 35.6 Å². The van der Waals surface area contributed by atoms with Crippen molar-refractivity contribution in [1.29, 1.82) is 0 Å². The Morgan fingerprint density at radius 3 is 2.46 bits per heavy atom. The van der Waals surface area contributed by atoms with E-state index in [1.807, 2.05) is 13.8 Å². The smallest absolute Gasteiger partial charge is 0.308 e. The van der Waals surface area contributed by atoms with Crippen LogP contribution >= 0.6 is 0 Å². The first-order valence-electron chi connectivity index (χ1n) is 5.05. The Balaban J connectivity index is 2.09. The van der Waals surface area contributed by atoms with Crippen molar-refractivity contribution in [3.05, 3.63) is 0 Å². The summed E-state index contributed by atoms with van der Waals surface area (Å²) >= 11 is 0. The quantitative estimate of drug-likeness (QED) is 0.572. The van der Waals surface area contributed by atoms with Crippen LogP contribution in [0.15, 0.2) is 0 Å². The Morgan fingerprint density at radius 1 is 1.38 bits per heavy atom. The fourth-order valence-corrected chi connectivity index (χ4v) is 2.43. The molecule has 0 aromatic heterocycles. The molecule has 0 aromatic carbocycles. The summed E-state index contributed by atoms with van der Waals surface area (Å²) in [6.45, 7) is 6.29. The predicted molar refractivity (Wildman–Crippen MR) is 49.4 cm³/mol. The lowest BCUT2D eigenvalue weighted by molar-refractivity contribution is -0.146. The van der Waals surface area contributed by atoms with Crippen LogP contribution in [0.4, 0.5) is 0 Å². The lowest BCUT2D eigenvalue weighted by Gasteiger charge is -2.32. The number of nitrogens with zero attached hydrogens (tertiary/aromatic N) is 1. The lowest BCUT2D eigenvalue weighted by Crippen LogP contribution is -2.44. The Kier molecular flexibility index (Phi) is 2.06. The van der Waals surface area contributed by atoms with Gasteiger partial charge in [0.2, 0.25) is 0 Å². The van der Waals surface area contributed by atoms with Gasteiger partial charge < -0.3 is 4.74 Å². The van der Waals surface area contributed by atoms with Gasteiger partial charge in [-0.05, 0) is 39.8 Å². The molecule has 2 fully saturated rings. The molecule has 3 nitrogen and oxygen atoms in total. The number of esters is 1. The number of likely N-dealkylation sites (tertiary alicyclic amines) is 1. The maximum absolute atomic E-state index is 11.2. The average molecular weight is 183 g/mol. The summed E-state index contributed by atoms with van der Waals surface area (Å²) in [5.41, 5.74) is -0.276. The highest BCUT2D eigenvalue weighted by molar-refractivity contribution is 5.73. The summed E-state index contributed by atoms with van der Waals surface area (Å²) in [7, 11) is 0. The minimum atomic E-state index is -0.276. The highest BCUT2D eigenvalue weighted by atomic mass is 16.6. The minimum absolute atomic E-state index is 0.0399. The Bertz CT molecular complexity index is 219. The fourth-order valence-electron chi connectivity index (χ4n) is 2.43. The standard InChI is InChI=1S/C10H17NO2/c1-10(2)8(7-9(12)13-10)11-5-3-4-6-11/h8H,3-7H2,1-2H3. The van der Waals surface area contributed by atoms with Crippen molar-refractivity contribution in [3.63, 3.8) is 0 Å². The molecule has 0 aliphatic carbocycles. The highest BCUT2D eigenvalue weighted by Crippen LogP contribution is 2.32. The van der Waals surface area contributed by atoms with Gasteiger partial charge in [0.25, 0.3) is 0 Å². The molecular weight excluding hydrogens is 166 g/mol. The normalized spacial score (nSPS) is 33.7. The first-order chi connectivity index (χ1) is 6.09. The predicted octanol–water partition coefficient (Wildman–Crippen LogP) is 1.18. The fraction of sp³-hybridized carbons (Fsp3) is 0.900. The third kappa shape index (κ3) is 1.57. The second-order valence-electron chi connectivity index (χ2n) is 4.54. The van der Waals surface area contributed by atoms with Crippen LogP contribution in [0.1, 0.15) is 33.1 Å². The summed E-state index contributed by atoms with van der Waals surface area (Å²) in [6, 6.07) is 0.308. The Morgan fingerprint density at radius 2 is 2.00 bits per heavy atom. The van der Waals surface area contributed by atoms with Gasteiger partial charge in [0.15, 0.2) is 0 Å². The molecule has 13 heavy (non-hydrogen) atoms. The third-order valence-corrected chi connectivity index (χ3v) is 3.12. The zero-order valence-corrected chi connectivity index (χ0v) is 8.38. The van der Waals surface area contributed by atoms with Gasteiger partial charge in [0.05, 0.1) is 12.5 Å². The zero-order valence-electron chi connectivity index (χ0n) is 8.38. The van der Waals surface area contributed by atoms with Crippen LogP contribution in [0.25, 0.3) is 0 Å². The van der Waals surface area contributed by atoms with E-state index in [0.29, 0.717) is 12.5 Å². The van der Waals surface area contributed by atoms with Gasteiger partial charge in [-0.25, -0.2) is 0 Å². The molecule has 0 bridgehead atoms. The van der Waals surface area contributed by atoms with Crippen LogP contribution in [0.2, 0.25) is 0 Å². The van der Waals surface area contributed by atoms with Crippen molar-refractivity contribution < 1.29 is 9.53 Å². The van der Waals surface area contributed by atoms with E-state index in [4.69, 9.17) is 4.74 Å². The van der Waals surface area contributed by atoms with E-state index in [1.165, 1.54) is 12.8 Å². The summed E-state index contributed by atoms with van der Waals surface area (Å²) in [5, 5.41) is 0. The van der Waals surface area contributed by atoms with Crippen molar-refractivity contribution >= 4 is 5.97 Å². The SMILES string of the molecule is CC1(C)OC(=O)CC1N1CCCC1. The first kappa shape index (κ1) is 9.00. The molecule has 3 heteroatoms. The summed E-state index contributed by atoms with van der Waals surface area (Å²) in [6.07, 6.45) is 3.11. The van der Waals surface area contributed by atoms with Crippen molar-refractivity contribution in [2.75, 3.05) is 13.1 Å². The maximum Gasteiger partial charge on any atom is 0.308 e. The molecule has 2 saturated heterocycles. The monoisotopic (exact) mass is 183 g/mol. The van der Waals surface area contributed by atoms with Crippen LogP contribution in [-0.2, 0) is 9.53 Å². The van der Waals surface area contributed by atoms with Gasteiger partial charge in [-0.2, -0.15) is 0 Å². The number of rotatable bonds is 1. The van der Waals surface area contributed by atoms with E-state index >= 15 is 0 Å². The van der Waals surface area contributed by atoms with E-state index < -0.39 is 0 Å². The molecule has 2 aliphatic rings. The molecule has 1 unspecified atom stereocenters. The number of hydrogen-bond acceptors (Lipinski definition) is 3. The second kappa shape index (κ2) is 2.98. The lowest BCUT2D eigenvalue weighted by atomic mass is 9.97. The van der Waals surface area contributed by atoms with Crippen LogP contribution in [0.3, 0.4) is 0 Å². The second-order valence-corrected chi connectivity index (χ2v) is 4.54. The van der Waals surface area contributed by atoms with Crippen LogP contribution in [0, 0.1) is 0 Å². The van der Waals surface area contributed by atoms with E-state index in [1.54, 1.807) is 0 Å². The molecule has 0 N–H and O–H groups in total.